The Morgan fingerprint density at radius 2 is 2.27 bits per heavy atom. The molecule has 0 aliphatic carbocycles. The molecule has 0 amide bonds. The normalized spacial score (nSPS) is 18.9. The van der Waals surface area contributed by atoms with Crippen LogP contribution in [0.3, 0.4) is 0 Å². The lowest BCUT2D eigenvalue weighted by Crippen LogP contribution is -2.44. The molecule has 0 unspecified atom stereocenters. The molecular weight excluding hydrogens is 146 g/mol. The molecule has 3 atom stereocenters. The molecule has 0 radical (unpaired) electrons. The monoisotopic (exact) mass is 161 g/mol. The van der Waals surface area contributed by atoms with Crippen molar-refractivity contribution in [3.8, 4) is 0 Å². The number of carbonyl (C=O) groups is 1. The van der Waals surface area contributed by atoms with E-state index >= 15 is 0 Å². The van der Waals surface area contributed by atoms with Crippen LogP contribution in [-0.4, -0.2) is 36.8 Å². The summed E-state index contributed by atoms with van der Waals surface area (Å²) in [5.74, 6) is 0. The average Bonchev–Trinajstić information content (AvgIpc) is 1.98. The minimum atomic E-state index is -0.653. The SMILES string of the molecule is CO[C@H](CC=O)[C@@H](N)[C@H](C)O. The van der Waals surface area contributed by atoms with E-state index in [2.05, 4.69) is 0 Å². The fourth-order valence-electron chi connectivity index (χ4n) is 0.816. The first-order chi connectivity index (χ1) is 5.13. The summed E-state index contributed by atoms with van der Waals surface area (Å²) in [6, 6.07) is -0.495. The van der Waals surface area contributed by atoms with E-state index in [1.807, 2.05) is 0 Å². The van der Waals surface area contributed by atoms with Crippen molar-refractivity contribution in [3.05, 3.63) is 0 Å². The topological polar surface area (TPSA) is 72.5 Å². The lowest BCUT2D eigenvalue weighted by Gasteiger charge is -2.22. The summed E-state index contributed by atoms with van der Waals surface area (Å²) < 4.78 is 4.90. The molecule has 0 aromatic carbocycles. The Morgan fingerprint density at radius 1 is 1.73 bits per heavy atom. The van der Waals surface area contributed by atoms with Crippen molar-refractivity contribution in [1.82, 2.24) is 0 Å². The molecule has 0 spiro atoms. The van der Waals surface area contributed by atoms with Crippen LogP contribution >= 0.6 is 0 Å². The zero-order chi connectivity index (χ0) is 8.85. The molecule has 0 aliphatic rings. The van der Waals surface area contributed by atoms with Gasteiger partial charge in [0.2, 0.25) is 0 Å². The first-order valence-corrected chi connectivity index (χ1v) is 3.53. The summed E-state index contributed by atoms with van der Waals surface area (Å²) in [5.41, 5.74) is 5.52. The number of aliphatic hydroxyl groups excluding tert-OH is 1. The van der Waals surface area contributed by atoms with Gasteiger partial charge in [0, 0.05) is 13.5 Å². The van der Waals surface area contributed by atoms with Crippen molar-refractivity contribution >= 4 is 6.29 Å². The van der Waals surface area contributed by atoms with Gasteiger partial charge in [0.1, 0.15) is 6.29 Å². The summed E-state index contributed by atoms with van der Waals surface area (Å²) in [6.07, 6.45) is -0.0775. The number of hydrogen-bond donors (Lipinski definition) is 2. The third kappa shape index (κ3) is 3.46. The van der Waals surface area contributed by atoms with Gasteiger partial charge in [-0.1, -0.05) is 0 Å². The fraction of sp³-hybridized carbons (Fsp3) is 0.857. The van der Waals surface area contributed by atoms with Crippen LogP contribution in [0.1, 0.15) is 13.3 Å². The molecule has 0 bridgehead atoms. The predicted octanol–water partition coefficient (Wildman–Crippen LogP) is -0.702. The van der Waals surface area contributed by atoms with Gasteiger partial charge in [-0.2, -0.15) is 0 Å². The third-order valence-corrected chi connectivity index (χ3v) is 1.62. The Bertz CT molecular complexity index is 116. The fourth-order valence-corrected chi connectivity index (χ4v) is 0.816. The van der Waals surface area contributed by atoms with E-state index in [1.54, 1.807) is 6.92 Å². The van der Waals surface area contributed by atoms with Crippen molar-refractivity contribution in [2.75, 3.05) is 7.11 Å². The van der Waals surface area contributed by atoms with Gasteiger partial charge in [0.05, 0.1) is 18.2 Å². The zero-order valence-electron chi connectivity index (χ0n) is 6.86. The van der Waals surface area contributed by atoms with E-state index in [-0.39, 0.29) is 12.5 Å². The second-order valence-corrected chi connectivity index (χ2v) is 2.49. The van der Waals surface area contributed by atoms with E-state index < -0.39 is 12.1 Å². The van der Waals surface area contributed by atoms with Gasteiger partial charge in [0.15, 0.2) is 0 Å². The van der Waals surface area contributed by atoms with Gasteiger partial charge in [-0.15, -0.1) is 0 Å². The Balaban J connectivity index is 3.90. The molecule has 0 fully saturated rings. The molecule has 66 valence electrons. The first-order valence-electron chi connectivity index (χ1n) is 3.53. The number of rotatable bonds is 5. The van der Waals surface area contributed by atoms with Gasteiger partial charge in [-0.3, -0.25) is 0 Å². The van der Waals surface area contributed by atoms with Crippen LogP contribution in [0.5, 0.6) is 0 Å². The average molecular weight is 161 g/mol. The van der Waals surface area contributed by atoms with E-state index in [0.29, 0.717) is 0 Å². The first kappa shape index (κ1) is 10.6. The highest BCUT2D eigenvalue weighted by Gasteiger charge is 2.20. The molecule has 0 saturated carbocycles. The summed E-state index contributed by atoms with van der Waals surface area (Å²) >= 11 is 0. The molecule has 0 saturated heterocycles. The van der Waals surface area contributed by atoms with E-state index in [9.17, 15) is 4.79 Å². The number of carbonyl (C=O) groups excluding carboxylic acids is 1. The van der Waals surface area contributed by atoms with Gasteiger partial charge in [0.25, 0.3) is 0 Å². The largest absolute Gasteiger partial charge is 0.392 e. The molecule has 0 aromatic rings. The van der Waals surface area contributed by atoms with E-state index in [0.717, 1.165) is 6.29 Å². The number of methoxy groups -OCH3 is 1. The molecule has 0 aromatic heterocycles. The molecule has 4 nitrogen and oxygen atoms in total. The molecule has 4 heteroatoms. The summed E-state index contributed by atoms with van der Waals surface area (Å²) in [4.78, 5) is 10.1. The van der Waals surface area contributed by atoms with Gasteiger partial charge in [-0.25, -0.2) is 0 Å². The van der Waals surface area contributed by atoms with Gasteiger partial charge < -0.3 is 20.4 Å². The smallest absolute Gasteiger partial charge is 0.122 e. The van der Waals surface area contributed by atoms with Crippen LogP contribution < -0.4 is 5.73 Å². The van der Waals surface area contributed by atoms with E-state index in [4.69, 9.17) is 15.6 Å². The Hall–Kier alpha value is -0.450. The molecule has 0 heterocycles. The molecule has 11 heavy (non-hydrogen) atoms. The van der Waals surface area contributed by atoms with Gasteiger partial charge >= 0.3 is 0 Å². The van der Waals surface area contributed by atoms with Crippen LogP contribution in [0.2, 0.25) is 0 Å². The van der Waals surface area contributed by atoms with Gasteiger partial charge in [-0.05, 0) is 6.92 Å². The zero-order valence-corrected chi connectivity index (χ0v) is 6.86. The second kappa shape index (κ2) is 5.23. The van der Waals surface area contributed by atoms with Crippen LogP contribution in [0.4, 0.5) is 0 Å². The van der Waals surface area contributed by atoms with Crippen molar-refractivity contribution in [2.24, 2.45) is 5.73 Å². The maximum absolute atomic E-state index is 10.1. The molecule has 0 rings (SSSR count). The highest BCUT2D eigenvalue weighted by atomic mass is 16.5. The highest BCUT2D eigenvalue weighted by molar-refractivity contribution is 5.50. The predicted molar refractivity (Wildman–Crippen MR) is 41.1 cm³/mol. The van der Waals surface area contributed by atoms with Crippen molar-refractivity contribution in [2.45, 2.75) is 31.6 Å². The number of aliphatic hydroxyl groups is 1. The maximum Gasteiger partial charge on any atom is 0.122 e. The quantitative estimate of drug-likeness (QED) is 0.523. The maximum atomic E-state index is 10.1. The lowest BCUT2D eigenvalue weighted by molar-refractivity contribution is -0.110. The molecular formula is C7H15NO3. The highest BCUT2D eigenvalue weighted by Crippen LogP contribution is 2.03. The standard InChI is InChI=1S/C7H15NO3/c1-5(10)7(8)6(11-2)3-4-9/h4-7,10H,3,8H2,1-2H3/t5-,6+,7-/m0/s1. The minimum Gasteiger partial charge on any atom is -0.392 e. The summed E-state index contributed by atoms with van der Waals surface area (Å²) in [6.45, 7) is 1.57. The van der Waals surface area contributed by atoms with E-state index in [1.165, 1.54) is 7.11 Å². The number of hydrogen-bond acceptors (Lipinski definition) is 4. The number of ether oxygens (including phenoxy) is 1. The van der Waals surface area contributed by atoms with Crippen molar-refractivity contribution in [1.29, 1.82) is 0 Å². The number of nitrogens with two attached hydrogens (primary N) is 1. The summed E-state index contributed by atoms with van der Waals surface area (Å²) in [7, 11) is 1.47. The minimum absolute atomic E-state index is 0.225. The van der Waals surface area contributed by atoms with Crippen molar-refractivity contribution < 1.29 is 14.6 Å². The van der Waals surface area contributed by atoms with Crippen LogP contribution in [-0.2, 0) is 9.53 Å². The lowest BCUT2D eigenvalue weighted by atomic mass is 10.1. The molecule has 0 aliphatic heterocycles. The van der Waals surface area contributed by atoms with Crippen molar-refractivity contribution in [3.63, 3.8) is 0 Å². The Labute approximate surface area is 66.3 Å². The van der Waals surface area contributed by atoms with Crippen LogP contribution in [0.15, 0.2) is 0 Å². The Morgan fingerprint density at radius 3 is 2.55 bits per heavy atom. The van der Waals surface area contributed by atoms with Crippen LogP contribution in [0, 0.1) is 0 Å². The van der Waals surface area contributed by atoms with Crippen LogP contribution in [0.25, 0.3) is 0 Å². The molecule has 3 N–H and O–H groups in total. The number of aldehydes is 1. The second-order valence-electron chi connectivity index (χ2n) is 2.49. The Kier molecular flexibility index (Phi) is 5.02. The summed E-state index contributed by atoms with van der Waals surface area (Å²) in [5, 5.41) is 9.03. The third-order valence-electron chi connectivity index (χ3n) is 1.62.